The summed E-state index contributed by atoms with van der Waals surface area (Å²) < 4.78 is 7.68. The Balaban J connectivity index is 1.46. The van der Waals surface area contributed by atoms with E-state index >= 15 is 0 Å². The van der Waals surface area contributed by atoms with Crippen molar-refractivity contribution in [3.05, 3.63) is 78.9 Å². The van der Waals surface area contributed by atoms with Crippen LogP contribution >= 0.6 is 0 Å². The zero-order chi connectivity index (χ0) is 15.7. The summed E-state index contributed by atoms with van der Waals surface area (Å²) in [6.45, 7) is 1.39. The first-order chi connectivity index (χ1) is 11.4. The van der Waals surface area contributed by atoms with Crippen LogP contribution < -0.4 is 10.2 Å². The fourth-order valence-electron chi connectivity index (χ4n) is 2.03. The Kier molecular flexibility index (Phi) is 5.03. The molecule has 0 unspecified atom stereocenters. The van der Waals surface area contributed by atoms with Gasteiger partial charge < -0.3 is 9.30 Å². The summed E-state index contributed by atoms with van der Waals surface area (Å²) in [5.41, 5.74) is 4.96. The monoisotopic (exact) mass is 306 g/mol. The van der Waals surface area contributed by atoms with E-state index in [2.05, 4.69) is 15.5 Å². The second-order valence-electron chi connectivity index (χ2n) is 4.95. The van der Waals surface area contributed by atoms with Crippen molar-refractivity contribution in [3.8, 4) is 5.75 Å². The molecule has 5 nitrogen and oxygen atoms in total. The lowest BCUT2D eigenvalue weighted by atomic mass is 10.2. The van der Waals surface area contributed by atoms with E-state index in [1.165, 1.54) is 0 Å². The largest absolute Gasteiger partial charge is 0.492 e. The summed E-state index contributed by atoms with van der Waals surface area (Å²) in [5, 5.41) is 4.21. The third-order valence-corrected chi connectivity index (χ3v) is 3.24. The van der Waals surface area contributed by atoms with Gasteiger partial charge in [-0.25, -0.2) is 4.98 Å². The molecule has 0 bridgehead atoms. The van der Waals surface area contributed by atoms with Crippen LogP contribution in [0.3, 0.4) is 0 Å². The lowest BCUT2D eigenvalue weighted by Gasteiger charge is -2.06. The van der Waals surface area contributed by atoms with Crippen LogP contribution in [0.4, 0.5) is 5.69 Å². The second kappa shape index (κ2) is 7.79. The summed E-state index contributed by atoms with van der Waals surface area (Å²) >= 11 is 0. The van der Waals surface area contributed by atoms with Crippen LogP contribution in [0.5, 0.6) is 5.75 Å². The molecule has 1 aromatic heterocycles. The van der Waals surface area contributed by atoms with E-state index in [-0.39, 0.29) is 0 Å². The van der Waals surface area contributed by atoms with E-state index in [4.69, 9.17) is 4.74 Å². The fourth-order valence-corrected chi connectivity index (χ4v) is 2.03. The first-order valence-corrected chi connectivity index (χ1v) is 7.43. The van der Waals surface area contributed by atoms with E-state index < -0.39 is 0 Å². The maximum absolute atomic E-state index is 5.70. The zero-order valence-corrected chi connectivity index (χ0v) is 12.7. The van der Waals surface area contributed by atoms with Crippen LogP contribution in [0.1, 0.15) is 5.56 Å². The highest BCUT2D eigenvalue weighted by atomic mass is 16.5. The van der Waals surface area contributed by atoms with Gasteiger partial charge >= 0.3 is 0 Å². The number of nitrogens with one attached hydrogen (secondary N) is 1. The highest BCUT2D eigenvalue weighted by Gasteiger charge is 1.95. The normalized spacial score (nSPS) is 10.8. The number of benzene rings is 2. The Morgan fingerprint density at radius 3 is 2.65 bits per heavy atom. The van der Waals surface area contributed by atoms with Gasteiger partial charge in [-0.15, -0.1) is 0 Å². The van der Waals surface area contributed by atoms with Crippen LogP contribution in [0.25, 0.3) is 0 Å². The molecule has 0 saturated carbocycles. The van der Waals surface area contributed by atoms with Crippen LogP contribution in [0, 0.1) is 0 Å². The molecule has 1 heterocycles. The molecule has 0 amide bonds. The highest BCUT2D eigenvalue weighted by molar-refractivity contribution is 5.80. The van der Waals surface area contributed by atoms with Gasteiger partial charge in [-0.2, -0.15) is 5.10 Å². The minimum Gasteiger partial charge on any atom is -0.492 e. The number of ether oxygens (including phenoxy) is 1. The topological polar surface area (TPSA) is 51.4 Å². The van der Waals surface area contributed by atoms with Crippen molar-refractivity contribution in [1.82, 2.24) is 9.55 Å². The van der Waals surface area contributed by atoms with Crippen molar-refractivity contribution >= 4 is 11.9 Å². The Bertz CT molecular complexity index is 721. The number of hydrogen-bond donors (Lipinski definition) is 1. The van der Waals surface area contributed by atoms with Crippen LogP contribution in [-0.4, -0.2) is 22.4 Å². The van der Waals surface area contributed by atoms with Crippen LogP contribution in [-0.2, 0) is 6.54 Å². The van der Waals surface area contributed by atoms with Gasteiger partial charge in [0, 0.05) is 12.4 Å². The van der Waals surface area contributed by atoms with Crippen molar-refractivity contribution in [2.24, 2.45) is 5.10 Å². The lowest BCUT2D eigenvalue weighted by Crippen LogP contribution is -2.06. The maximum atomic E-state index is 5.70. The second-order valence-corrected chi connectivity index (χ2v) is 4.95. The first kappa shape index (κ1) is 14.8. The van der Waals surface area contributed by atoms with Gasteiger partial charge in [-0.1, -0.05) is 18.2 Å². The average molecular weight is 306 g/mol. The molecule has 3 aromatic rings. The van der Waals surface area contributed by atoms with E-state index in [1.807, 2.05) is 65.4 Å². The minimum atomic E-state index is 0.610. The summed E-state index contributed by atoms with van der Waals surface area (Å²) in [5.74, 6) is 0.846. The Morgan fingerprint density at radius 1 is 1.09 bits per heavy atom. The molecule has 23 heavy (non-hydrogen) atoms. The SMILES string of the molecule is C(=NNc1ccccc1)c1ccc(OCCn2ccnc2)cc1. The number of aromatic nitrogens is 2. The number of nitrogens with zero attached hydrogens (tertiary/aromatic N) is 3. The van der Waals surface area contributed by atoms with Crippen molar-refractivity contribution in [3.63, 3.8) is 0 Å². The Morgan fingerprint density at radius 2 is 1.91 bits per heavy atom. The predicted molar refractivity (Wildman–Crippen MR) is 91.8 cm³/mol. The summed E-state index contributed by atoms with van der Waals surface area (Å²) in [6.07, 6.45) is 7.24. The number of rotatable bonds is 7. The van der Waals surface area contributed by atoms with E-state index in [9.17, 15) is 0 Å². The number of anilines is 1. The van der Waals surface area contributed by atoms with Gasteiger partial charge in [-0.3, -0.25) is 5.43 Å². The quantitative estimate of drug-likeness (QED) is 0.537. The van der Waals surface area contributed by atoms with Crippen LogP contribution in [0.15, 0.2) is 78.4 Å². The molecule has 0 saturated heterocycles. The molecule has 0 atom stereocenters. The first-order valence-electron chi connectivity index (χ1n) is 7.43. The zero-order valence-electron chi connectivity index (χ0n) is 12.7. The lowest BCUT2D eigenvalue weighted by molar-refractivity contribution is 0.298. The third kappa shape index (κ3) is 4.71. The van der Waals surface area contributed by atoms with Crippen molar-refractivity contribution < 1.29 is 4.74 Å². The van der Waals surface area contributed by atoms with E-state index in [1.54, 1.807) is 18.7 Å². The summed E-state index contributed by atoms with van der Waals surface area (Å²) in [4.78, 5) is 4.00. The van der Waals surface area contributed by atoms with Gasteiger partial charge in [0.2, 0.25) is 0 Å². The van der Waals surface area contributed by atoms with Gasteiger partial charge in [0.25, 0.3) is 0 Å². The number of imidazole rings is 1. The van der Waals surface area contributed by atoms with Crippen LogP contribution in [0.2, 0.25) is 0 Å². The van der Waals surface area contributed by atoms with Gasteiger partial charge in [0.15, 0.2) is 0 Å². The fraction of sp³-hybridized carbons (Fsp3) is 0.111. The molecule has 0 aliphatic carbocycles. The molecule has 0 spiro atoms. The molecule has 5 heteroatoms. The maximum Gasteiger partial charge on any atom is 0.119 e. The smallest absolute Gasteiger partial charge is 0.119 e. The molecule has 1 N–H and O–H groups in total. The number of hydrazone groups is 1. The molecule has 2 aromatic carbocycles. The molecule has 0 aliphatic rings. The van der Waals surface area contributed by atoms with Gasteiger partial charge in [0.1, 0.15) is 12.4 Å². The standard InChI is InChI=1S/C18H18N4O/c1-2-4-17(5-3-1)21-20-14-16-6-8-18(9-7-16)23-13-12-22-11-10-19-15-22/h1-11,14-15,21H,12-13H2. The van der Waals surface area contributed by atoms with Crippen molar-refractivity contribution in [1.29, 1.82) is 0 Å². The number of hydrogen-bond acceptors (Lipinski definition) is 4. The van der Waals surface area contributed by atoms with Crippen molar-refractivity contribution in [2.45, 2.75) is 6.54 Å². The molecule has 3 rings (SSSR count). The number of para-hydroxylation sites is 1. The van der Waals surface area contributed by atoms with Gasteiger partial charge in [0.05, 0.1) is 24.8 Å². The van der Waals surface area contributed by atoms with E-state index in [0.29, 0.717) is 6.61 Å². The molecular formula is C18H18N4O. The Hall–Kier alpha value is -3.08. The summed E-state index contributed by atoms with van der Waals surface area (Å²) in [6, 6.07) is 17.7. The predicted octanol–water partition coefficient (Wildman–Crippen LogP) is 3.41. The molecular weight excluding hydrogens is 288 g/mol. The molecule has 0 radical (unpaired) electrons. The molecule has 0 fully saturated rings. The summed E-state index contributed by atoms with van der Waals surface area (Å²) in [7, 11) is 0. The molecule has 0 aliphatic heterocycles. The third-order valence-electron chi connectivity index (χ3n) is 3.24. The van der Waals surface area contributed by atoms with Crippen molar-refractivity contribution in [2.75, 3.05) is 12.0 Å². The van der Waals surface area contributed by atoms with E-state index in [0.717, 1.165) is 23.5 Å². The van der Waals surface area contributed by atoms with Gasteiger partial charge in [-0.05, 0) is 42.0 Å². The Labute approximate surface area is 135 Å². The minimum absolute atomic E-state index is 0.610. The average Bonchev–Trinajstić information content (AvgIpc) is 3.11. The molecule has 116 valence electrons. The highest BCUT2D eigenvalue weighted by Crippen LogP contribution is 2.11.